The summed E-state index contributed by atoms with van der Waals surface area (Å²) in [7, 11) is 0. The number of epoxide rings is 1. The number of ether oxygens (including phenoxy) is 2. The van der Waals surface area contributed by atoms with Gasteiger partial charge in [0.2, 0.25) is 0 Å². The van der Waals surface area contributed by atoms with Crippen LogP contribution in [0.5, 0.6) is 5.75 Å². The summed E-state index contributed by atoms with van der Waals surface area (Å²) in [5.74, 6) is 0.945. The summed E-state index contributed by atoms with van der Waals surface area (Å²) in [6, 6.07) is 8.54. The van der Waals surface area contributed by atoms with Crippen LogP contribution >= 0.6 is 0 Å². The second-order valence-electron chi connectivity index (χ2n) is 7.94. The van der Waals surface area contributed by atoms with Crippen LogP contribution in [0.15, 0.2) is 36.4 Å². The minimum atomic E-state index is -0.0416. The van der Waals surface area contributed by atoms with Gasteiger partial charge in [0.15, 0.2) is 0 Å². The SMILES string of the molecule is CCCCCCCCC/C=C/CCCc1ccc(OCC2(C)CO2)cc1. The lowest BCUT2D eigenvalue weighted by molar-refractivity contribution is 0.202. The maximum atomic E-state index is 5.77. The molecule has 0 aliphatic carbocycles. The van der Waals surface area contributed by atoms with Gasteiger partial charge in [0, 0.05) is 0 Å². The Morgan fingerprint density at radius 1 is 0.923 bits per heavy atom. The molecular weight excluding hydrogens is 320 g/mol. The standard InChI is InChI=1S/C24H38O2/c1-3-4-5-6-7-8-9-10-11-12-13-14-15-22-16-18-23(19-17-22)25-20-24(2)21-26-24/h11-12,16-19H,3-10,13-15,20-21H2,1-2H3/b12-11+. The van der Waals surface area contributed by atoms with Crippen molar-refractivity contribution < 1.29 is 9.47 Å². The molecule has 2 nitrogen and oxygen atoms in total. The van der Waals surface area contributed by atoms with Gasteiger partial charge in [-0.25, -0.2) is 0 Å². The van der Waals surface area contributed by atoms with E-state index >= 15 is 0 Å². The highest BCUT2D eigenvalue weighted by molar-refractivity contribution is 5.27. The molecule has 1 aliphatic heterocycles. The highest BCUT2D eigenvalue weighted by Gasteiger charge is 2.40. The van der Waals surface area contributed by atoms with E-state index < -0.39 is 0 Å². The number of allylic oxidation sites excluding steroid dienone is 2. The normalized spacial score (nSPS) is 19.2. The predicted molar refractivity (Wildman–Crippen MR) is 111 cm³/mol. The van der Waals surface area contributed by atoms with Gasteiger partial charge in [-0.2, -0.15) is 0 Å². The number of rotatable bonds is 15. The van der Waals surface area contributed by atoms with Gasteiger partial charge >= 0.3 is 0 Å². The van der Waals surface area contributed by atoms with Crippen LogP contribution in [0.25, 0.3) is 0 Å². The molecule has 0 aromatic heterocycles. The lowest BCUT2D eigenvalue weighted by atomic mass is 10.1. The third-order valence-corrected chi connectivity index (χ3v) is 5.08. The largest absolute Gasteiger partial charge is 0.491 e. The van der Waals surface area contributed by atoms with Gasteiger partial charge in [-0.1, -0.05) is 69.7 Å². The summed E-state index contributed by atoms with van der Waals surface area (Å²) in [6.45, 7) is 5.83. The van der Waals surface area contributed by atoms with Gasteiger partial charge in [0.1, 0.15) is 18.0 Å². The molecule has 0 radical (unpaired) electrons. The first-order valence-corrected chi connectivity index (χ1v) is 10.7. The first kappa shape index (κ1) is 21.0. The van der Waals surface area contributed by atoms with E-state index in [4.69, 9.17) is 9.47 Å². The summed E-state index contributed by atoms with van der Waals surface area (Å²) < 4.78 is 11.1. The zero-order valence-corrected chi connectivity index (χ0v) is 17.0. The molecule has 0 spiro atoms. The Balaban J connectivity index is 1.45. The third-order valence-electron chi connectivity index (χ3n) is 5.08. The van der Waals surface area contributed by atoms with E-state index in [9.17, 15) is 0 Å². The van der Waals surface area contributed by atoms with Crippen molar-refractivity contribution in [3.63, 3.8) is 0 Å². The van der Waals surface area contributed by atoms with E-state index in [1.165, 1.54) is 69.8 Å². The quantitative estimate of drug-likeness (QED) is 0.194. The van der Waals surface area contributed by atoms with Crippen LogP contribution < -0.4 is 4.74 Å². The second-order valence-corrected chi connectivity index (χ2v) is 7.94. The van der Waals surface area contributed by atoms with Crippen molar-refractivity contribution in [3.05, 3.63) is 42.0 Å². The van der Waals surface area contributed by atoms with Crippen molar-refractivity contribution in [2.75, 3.05) is 13.2 Å². The van der Waals surface area contributed by atoms with Crippen molar-refractivity contribution in [2.24, 2.45) is 0 Å². The van der Waals surface area contributed by atoms with Gasteiger partial charge in [-0.3, -0.25) is 0 Å². The number of unbranched alkanes of at least 4 members (excludes halogenated alkanes) is 8. The van der Waals surface area contributed by atoms with Crippen molar-refractivity contribution in [1.82, 2.24) is 0 Å². The van der Waals surface area contributed by atoms with Gasteiger partial charge in [-0.05, 0) is 56.7 Å². The minimum Gasteiger partial charge on any atom is -0.491 e. The Morgan fingerprint density at radius 3 is 2.19 bits per heavy atom. The lowest BCUT2D eigenvalue weighted by Crippen LogP contribution is -2.16. The van der Waals surface area contributed by atoms with E-state index in [0.29, 0.717) is 6.61 Å². The van der Waals surface area contributed by atoms with Crippen LogP contribution in [0.3, 0.4) is 0 Å². The minimum absolute atomic E-state index is 0.0416. The Hall–Kier alpha value is -1.28. The maximum Gasteiger partial charge on any atom is 0.123 e. The first-order chi connectivity index (χ1) is 12.7. The summed E-state index contributed by atoms with van der Waals surface area (Å²) in [6.07, 6.45) is 19.3. The monoisotopic (exact) mass is 358 g/mol. The van der Waals surface area contributed by atoms with Crippen molar-refractivity contribution >= 4 is 0 Å². The molecule has 1 aromatic carbocycles. The average molecular weight is 359 g/mol. The topological polar surface area (TPSA) is 21.8 Å². The van der Waals surface area contributed by atoms with E-state index in [1.54, 1.807) is 0 Å². The van der Waals surface area contributed by atoms with E-state index in [0.717, 1.165) is 18.8 Å². The molecule has 26 heavy (non-hydrogen) atoms. The number of hydrogen-bond donors (Lipinski definition) is 0. The summed E-state index contributed by atoms with van der Waals surface area (Å²) >= 11 is 0. The first-order valence-electron chi connectivity index (χ1n) is 10.7. The molecule has 0 bridgehead atoms. The predicted octanol–water partition coefficient (Wildman–Crippen LogP) is 6.87. The Kier molecular flexibility index (Phi) is 9.84. The molecular formula is C24H38O2. The molecule has 1 saturated heterocycles. The molecule has 0 amide bonds. The fourth-order valence-electron chi connectivity index (χ4n) is 3.07. The maximum absolute atomic E-state index is 5.77. The van der Waals surface area contributed by atoms with Gasteiger partial charge in [0.05, 0.1) is 6.61 Å². The molecule has 1 aromatic rings. The van der Waals surface area contributed by atoms with Gasteiger partial charge in [0.25, 0.3) is 0 Å². The Morgan fingerprint density at radius 2 is 1.54 bits per heavy atom. The number of aryl methyl sites for hydroxylation is 1. The number of benzene rings is 1. The molecule has 1 heterocycles. The van der Waals surface area contributed by atoms with Crippen LogP contribution in [-0.2, 0) is 11.2 Å². The van der Waals surface area contributed by atoms with E-state index in [-0.39, 0.29) is 5.60 Å². The van der Waals surface area contributed by atoms with E-state index in [2.05, 4.69) is 50.3 Å². The fraction of sp³-hybridized carbons (Fsp3) is 0.667. The zero-order chi connectivity index (χ0) is 18.5. The number of hydrogen-bond acceptors (Lipinski definition) is 2. The zero-order valence-electron chi connectivity index (χ0n) is 17.0. The molecule has 1 aliphatic rings. The Bertz CT molecular complexity index is 499. The molecule has 1 unspecified atom stereocenters. The van der Waals surface area contributed by atoms with Gasteiger partial charge < -0.3 is 9.47 Å². The van der Waals surface area contributed by atoms with Gasteiger partial charge in [-0.15, -0.1) is 0 Å². The molecule has 146 valence electrons. The van der Waals surface area contributed by atoms with Crippen LogP contribution in [0, 0.1) is 0 Å². The third kappa shape index (κ3) is 9.43. The summed E-state index contributed by atoms with van der Waals surface area (Å²) in [4.78, 5) is 0. The second kappa shape index (κ2) is 12.2. The van der Waals surface area contributed by atoms with Crippen molar-refractivity contribution in [3.8, 4) is 5.75 Å². The molecule has 2 rings (SSSR count). The molecule has 0 saturated carbocycles. The smallest absolute Gasteiger partial charge is 0.123 e. The highest BCUT2D eigenvalue weighted by Crippen LogP contribution is 2.27. The van der Waals surface area contributed by atoms with Crippen LogP contribution in [0.1, 0.15) is 83.6 Å². The van der Waals surface area contributed by atoms with Crippen LogP contribution in [0.4, 0.5) is 0 Å². The van der Waals surface area contributed by atoms with Crippen molar-refractivity contribution in [1.29, 1.82) is 0 Å². The van der Waals surface area contributed by atoms with E-state index in [1.807, 2.05) is 0 Å². The summed E-state index contributed by atoms with van der Waals surface area (Å²) in [5, 5.41) is 0. The molecule has 1 fully saturated rings. The average Bonchev–Trinajstić information content (AvgIpc) is 3.40. The van der Waals surface area contributed by atoms with Crippen molar-refractivity contribution in [2.45, 2.75) is 90.1 Å². The fourth-order valence-corrected chi connectivity index (χ4v) is 3.07. The molecule has 0 N–H and O–H groups in total. The van der Waals surface area contributed by atoms with Crippen LogP contribution in [-0.4, -0.2) is 18.8 Å². The highest BCUT2D eigenvalue weighted by atomic mass is 16.6. The molecule has 2 heteroatoms. The summed E-state index contributed by atoms with van der Waals surface area (Å²) in [5.41, 5.74) is 1.35. The molecule has 1 atom stereocenters. The lowest BCUT2D eigenvalue weighted by Gasteiger charge is -2.09. The van der Waals surface area contributed by atoms with Crippen LogP contribution in [0.2, 0.25) is 0 Å². The Labute approximate surface area is 161 Å².